The molecule has 44 valence electrons. The summed E-state index contributed by atoms with van der Waals surface area (Å²) in [6.45, 7) is 4.43. The van der Waals surface area contributed by atoms with Crippen LogP contribution in [0.4, 0.5) is 0 Å². The van der Waals surface area contributed by atoms with Crippen LogP contribution < -0.4 is 9.96 Å². The Balaban J connectivity index is 3.36. The van der Waals surface area contributed by atoms with Crippen LogP contribution in [0.15, 0.2) is 0 Å². The number of hydrogen-bond donors (Lipinski definition) is 2. The van der Waals surface area contributed by atoms with Crippen molar-refractivity contribution in [3.8, 4) is 0 Å². The second-order valence-electron chi connectivity index (χ2n) is 2.12. The van der Waals surface area contributed by atoms with Gasteiger partial charge in [0, 0.05) is 0 Å². The van der Waals surface area contributed by atoms with E-state index >= 15 is 0 Å². The molecule has 7 heavy (non-hydrogen) atoms. The third-order valence-corrected chi connectivity index (χ3v) is 3.75. The fourth-order valence-electron chi connectivity index (χ4n) is 0.125. The zero-order chi connectivity index (χ0) is 5.91. The van der Waals surface area contributed by atoms with Crippen molar-refractivity contribution in [3.63, 3.8) is 0 Å². The lowest BCUT2D eigenvalue weighted by Gasteiger charge is -2.18. The van der Waals surface area contributed by atoms with Crippen molar-refractivity contribution < 1.29 is 0 Å². The molecule has 0 saturated carbocycles. The third-order valence-electron chi connectivity index (χ3n) is 1.25. The summed E-state index contributed by atoms with van der Waals surface area (Å²) in [6, 6.07) is 0. The van der Waals surface area contributed by atoms with Gasteiger partial charge < -0.3 is 9.96 Å². The van der Waals surface area contributed by atoms with E-state index in [9.17, 15) is 0 Å². The van der Waals surface area contributed by atoms with Crippen molar-refractivity contribution in [1.82, 2.24) is 9.96 Å². The second-order valence-corrected chi connectivity index (χ2v) is 6.38. The molecule has 0 aromatic carbocycles. The summed E-state index contributed by atoms with van der Waals surface area (Å²) in [5, 5.41) is 0. The molecule has 0 aromatic rings. The molecule has 0 saturated heterocycles. The molecule has 0 fully saturated rings. The molecule has 2 nitrogen and oxygen atoms in total. The highest BCUT2D eigenvalue weighted by molar-refractivity contribution is 6.72. The first-order chi connectivity index (χ1) is 3.12. The normalized spacial score (nSPS) is 12.0. The molecular weight excluding hydrogens is 104 g/mol. The SMILES string of the molecule is CN[Si](C)(C)NC. The molecule has 3 heteroatoms. The summed E-state index contributed by atoms with van der Waals surface area (Å²) in [5.41, 5.74) is 0. The highest BCUT2D eigenvalue weighted by Crippen LogP contribution is 1.83. The Morgan fingerprint density at radius 1 is 1.00 bits per heavy atom. The Labute approximate surface area is 46.5 Å². The van der Waals surface area contributed by atoms with Crippen LogP contribution in [0.5, 0.6) is 0 Å². The molecule has 0 aliphatic carbocycles. The minimum absolute atomic E-state index is 1.15. The van der Waals surface area contributed by atoms with Crippen LogP contribution in [0.2, 0.25) is 13.1 Å². The van der Waals surface area contributed by atoms with Gasteiger partial charge >= 0.3 is 0 Å². The largest absolute Gasteiger partial charge is 0.328 e. The van der Waals surface area contributed by atoms with E-state index in [2.05, 4.69) is 23.1 Å². The minimum Gasteiger partial charge on any atom is -0.328 e. The predicted octanol–water partition coefficient (Wildman–Crippen LogP) is 0.127. The number of hydrogen-bond acceptors (Lipinski definition) is 2. The maximum Gasteiger partial charge on any atom is 0.194 e. The molecule has 0 bridgehead atoms. The molecule has 0 spiro atoms. The van der Waals surface area contributed by atoms with Gasteiger partial charge in [0.15, 0.2) is 8.40 Å². The molecule has 0 aliphatic heterocycles. The van der Waals surface area contributed by atoms with E-state index in [1.807, 2.05) is 14.1 Å². The van der Waals surface area contributed by atoms with Crippen molar-refractivity contribution in [2.24, 2.45) is 0 Å². The zero-order valence-corrected chi connectivity index (χ0v) is 6.50. The molecule has 0 unspecified atom stereocenters. The molecule has 0 atom stereocenters. The van der Waals surface area contributed by atoms with Gasteiger partial charge in [0.2, 0.25) is 0 Å². The number of nitrogens with one attached hydrogen (secondary N) is 2. The van der Waals surface area contributed by atoms with Crippen LogP contribution in [0.1, 0.15) is 0 Å². The summed E-state index contributed by atoms with van der Waals surface area (Å²) >= 11 is 0. The van der Waals surface area contributed by atoms with Crippen molar-refractivity contribution in [2.75, 3.05) is 14.1 Å². The van der Waals surface area contributed by atoms with Crippen molar-refractivity contribution in [3.05, 3.63) is 0 Å². The van der Waals surface area contributed by atoms with E-state index in [1.165, 1.54) is 0 Å². The lowest BCUT2D eigenvalue weighted by atomic mass is 11.6. The maximum absolute atomic E-state index is 3.22. The van der Waals surface area contributed by atoms with Crippen LogP contribution in [0.3, 0.4) is 0 Å². The lowest BCUT2D eigenvalue weighted by molar-refractivity contribution is 1.03. The van der Waals surface area contributed by atoms with Gasteiger partial charge in [0.25, 0.3) is 0 Å². The molecule has 0 radical (unpaired) electrons. The maximum atomic E-state index is 3.22. The topological polar surface area (TPSA) is 24.1 Å². The first kappa shape index (κ1) is 7.14. The van der Waals surface area contributed by atoms with E-state index in [4.69, 9.17) is 0 Å². The Bertz CT molecular complexity index is 47.7. The summed E-state index contributed by atoms with van der Waals surface area (Å²) in [6.07, 6.45) is 0. The molecule has 2 N–H and O–H groups in total. The molecule has 0 amide bonds. The van der Waals surface area contributed by atoms with Gasteiger partial charge in [-0.25, -0.2) is 0 Å². The van der Waals surface area contributed by atoms with Crippen molar-refractivity contribution >= 4 is 8.40 Å². The first-order valence-electron chi connectivity index (χ1n) is 2.50. The first-order valence-corrected chi connectivity index (χ1v) is 5.50. The summed E-state index contributed by atoms with van der Waals surface area (Å²) in [4.78, 5) is 6.44. The molecule has 0 rings (SSSR count). The van der Waals surface area contributed by atoms with Gasteiger partial charge in [0.05, 0.1) is 0 Å². The van der Waals surface area contributed by atoms with Gasteiger partial charge in [-0.15, -0.1) is 0 Å². The average molecular weight is 118 g/mol. The predicted molar refractivity (Wildman–Crippen MR) is 35.6 cm³/mol. The van der Waals surface area contributed by atoms with Gasteiger partial charge in [-0.2, -0.15) is 0 Å². The minimum atomic E-state index is -1.15. The molecule has 0 aliphatic rings. The Hall–Kier alpha value is 0.137. The quantitative estimate of drug-likeness (QED) is 0.504. The molecular formula is C4H14N2Si. The van der Waals surface area contributed by atoms with Gasteiger partial charge in [-0.05, 0) is 27.2 Å². The van der Waals surface area contributed by atoms with Gasteiger partial charge in [-0.3, -0.25) is 0 Å². The van der Waals surface area contributed by atoms with Crippen LogP contribution in [-0.2, 0) is 0 Å². The number of rotatable bonds is 2. The van der Waals surface area contributed by atoms with E-state index in [1.54, 1.807) is 0 Å². The second kappa shape index (κ2) is 2.45. The van der Waals surface area contributed by atoms with Crippen LogP contribution >= 0.6 is 0 Å². The van der Waals surface area contributed by atoms with Crippen LogP contribution in [-0.4, -0.2) is 22.5 Å². The van der Waals surface area contributed by atoms with E-state index < -0.39 is 8.40 Å². The molecule has 0 heterocycles. The summed E-state index contributed by atoms with van der Waals surface area (Å²) in [7, 11) is 2.83. The fourth-order valence-corrected chi connectivity index (χ4v) is 0.375. The smallest absolute Gasteiger partial charge is 0.194 e. The summed E-state index contributed by atoms with van der Waals surface area (Å²) in [5.74, 6) is 0. The fraction of sp³-hybridized carbons (Fsp3) is 1.00. The van der Waals surface area contributed by atoms with E-state index in [0.717, 1.165) is 0 Å². The third kappa shape index (κ3) is 2.79. The van der Waals surface area contributed by atoms with Gasteiger partial charge in [-0.1, -0.05) is 0 Å². The van der Waals surface area contributed by atoms with E-state index in [-0.39, 0.29) is 0 Å². The monoisotopic (exact) mass is 118 g/mol. The summed E-state index contributed by atoms with van der Waals surface area (Å²) < 4.78 is 0. The lowest BCUT2D eigenvalue weighted by Crippen LogP contribution is -2.54. The van der Waals surface area contributed by atoms with Gasteiger partial charge in [0.1, 0.15) is 0 Å². The highest BCUT2D eigenvalue weighted by Gasteiger charge is 2.13. The van der Waals surface area contributed by atoms with Crippen molar-refractivity contribution in [1.29, 1.82) is 0 Å². The van der Waals surface area contributed by atoms with Crippen molar-refractivity contribution in [2.45, 2.75) is 13.1 Å². The highest BCUT2D eigenvalue weighted by atomic mass is 28.3. The Morgan fingerprint density at radius 3 is 1.29 bits per heavy atom. The standard InChI is InChI=1S/C4H14N2Si/c1-5-7(3,4)6-2/h5-6H,1-4H3. The Kier molecular flexibility index (Phi) is 2.49. The molecule has 0 aromatic heterocycles. The average Bonchev–Trinajstić information content (AvgIpc) is 1.68. The Morgan fingerprint density at radius 2 is 1.29 bits per heavy atom. The van der Waals surface area contributed by atoms with Crippen LogP contribution in [0, 0.1) is 0 Å². The van der Waals surface area contributed by atoms with E-state index in [0.29, 0.717) is 0 Å². The zero-order valence-electron chi connectivity index (χ0n) is 5.50. The van der Waals surface area contributed by atoms with Crippen LogP contribution in [0.25, 0.3) is 0 Å².